The van der Waals surface area contributed by atoms with Crippen molar-refractivity contribution in [1.82, 2.24) is 25.1 Å². The summed E-state index contributed by atoms with van der Waals surface area (Å²) >= 11 is 6.50. The van der Waals surface area contributed by atoms with Crippen LogP contribution in [-0.4, -0.2) is 45.5 Å². The van der Waals surface area contributed by atoms with Gasteiger partial charge in [0.05, 0.1) is 19.2 Å². The maximum absolute atomic E-state index is 11.9. The number of esters is 1. The van der Waals surface area contributed by atoms with Crippen LogP contribution in [0.5, 0.6) is 0 Å². The summed E-state index contributed by atoms with van der Waals surface area (Å²) in [6.07, 6.45) is -0.549. The monoisotopic (exact) mass is 433 g/mol. The average molecular weight is 434 g/mol. The molecule has 0 atom stereocenters. The van der Waals surface area contributed by atoms with E-state index in [1.165, 1.54) is 11.7 Å². The fourth-order valence-corrected chi connectivity index (χ4v) is 3.28. The summed E-state index contributed by atoms with van der Waals surface area (Å²) < 4.78 is 11.3. The molecule has 0 fully saturated rings. The number of hydrogen-bond acceptors (Lipinski definition) is 6. The molecule has 0 aliphatic rings. The van der Waals surface area contributed by atoms with Crippen LogP contribution in [0.4, 0.5) is 4.79 Å². The zero-order valence-electron chi connectivity index (χ0n) is 17.3. The molecule has 1 aromatic carbocycles. The van der Waals surface area contributed by atoms with Crippen molar-refractivity contribution in [2.45, 2.75) is 39.2 Å². The first kappa shape index (κ1) is 21.6. The molecule has 0 bridgehead atoms. The van der Waals surface area contributed by atoms with E-state index in [0.717, 1.165) is 16.8 Å². The molecular weight excluding hydrogens is 410 g/mol. The Bertz CT molecular complexity index is 1070. The third-order valence-electron chi connectivity index (χ3n) is 4.41. The number of fused-ring (bicyclic) bond motifs is 1. The number of H-pyrrole nitrogens is 1. The van der Waals surface area contributed by atoms with Gasteiger partial charge >= 0.3 is 12.1 Å². The number of halogens is 1. The number of ether oxygens (including phenoxy) is 2. The minimum atomic E-state index is -0.624. The van der Waals surface area contributed by atoms with E-state index < -0.39 is 12.1 Å². The molecule has 2 aromatic heterocycles. The molecule has 30 heavy (non-hydrogen) atoms. The van der Waals surface area contributed by atoms with Crippen molar-refractivity contribution in [2.75, 3.05) is 13.7 Å². The third kappa shape index (κ3) is 4.73. The Kier molecular flexibility index (Phi) is 6.31. The molecular formula is C20H24ClN5O4. The van der Waals surface area contributed by atoms with Gasteiger partial charge in [-0.1, -0.05) is 56.6 Å². The molecule has 160 valence electrons. The lowest BCUT2D eigenvalue weighted by molar-refractivity contribution is -0.140. The normalized spacial score (nSPS) is 11.5. The van der Waals surface area contributed by atoms with Gasteiger partial charge in [0.25, 0.3) is 0 Å². The predicted octanol–water partition coefficient (Wildman–Crippen LogP) is 3.46. The van der Waals surface area contributed by atoms with E-state index in [-0.39, 0.29) is 25.0 Å². The molecule has 3 rings (SSSR count). The highest BCUT2D eigenvalue weighted by Crippen LogP contribution is 2.32. The van der Waals surface area contributed by atoms with Gasteiger partial charge in [-0.25, -0.2) is 4.79 Å². The Morgan fingerprint density at radius 2 is 1.97 bits per heavy atom. The number of benzene rings is 1. The molecule has 0 saturated heterocycles. The molecule has 0 aliphatic heterocycles. The molecule has 0 aliphatic carbocycles. The van der Waals surface area contributed by atoms with Crippen LogP contribution in [0.25, 0.3) is 17.0 Å². The van der Waals surface area contributed by atoms with E-state index in [1.807, 2.05) is 45.0 Å². The first-order valence-electron chi connectivity index (χ1n) is 9.41. The Labute approximate surface area is 178 Å². The highest BCUT2D eigenvalue weighted by molar-refractivity contribution is 6.34. The molecule has 1 amide bonds. The third-order valence-corrected chi connectivity index (χ3v) is 4.77. The molecule has 9 nitrogen and oxygen atoms in total. The van der Waals surface area contributed by atoms with E-state index >= 15 is 0 Å². The Morgan fingerprint density at radius 1 is 1.23 bits per heavy atom. The van der Waals surface area contributed by atoms with E-state index in [9.17, 15) is 9.59 Å². The number of aromatic amines is 1. The Morgan fingerprint density at radius 3 is 2.63 bits per heavy atom. The van der Waals surface area contributed by atoms with E-state index in [0.29, 0.717) is 16.5 Å². The summed E-state index contributed by atoms with van der Waals surface area (Å²) in [5.41, 5.74) is 2.67. The molecule has 10 heteroatoms. The molecule has 2 N–H and O–H groups in total. The van der Waals surface area contributed by atoms with Crippen molar-refractivity contribution in [1.29, 1.82) is 0 Å². The van der Waals surface area contributed by atoms with Gasteiger partial charge in [-0.2, -0.15) is 5.10 Å². The number of nitrogens with zero attached hydrogens (tertiary/aromatic N) is 3. The first-order valence-corrected chi connectivity index (χ1v) is 9.79. The maximum Gasteiger partial charge on any atom is 0.407 e. The van der Waals surface area contributed by atoms with Gasteiger partial charge < -0.3 is 19.8 Å². The molecule has 2 heterocycles. The number of nitrogens with one attached hydrogen (secondary N) is 2. The Balaban J connectivity index is 1.74. The highest BCUT2D eigenvalue weighted by atomic mass is 35.5. The summed E-state index contributed by atoms with van der Waals surface area (Å²) in [5, 5.41) is 12.0. The van der Waals surface area contributed by atoms with Crippen LogP contribution in [0.3, 0.4) is 0 Å². The van der Waals surface area contributed by atoms with Gasteiger partial charge in [0, 0.05) is 23.1 Å². The van der Waals surface area contributed by atoms with Crippen molar-refractivity contribution in [2.24, 2.45) is 0 Å². The van der Waals surface area contributed by atoms with Crippen LogP contribution in [-0.2, 0) is 26.3 Å². The van der Waals surface area contributed by atoms with Gasteiger partial charge in [-0.15, -0.1) is 9.73 Å². The van der Waals surface area contributed by atoms with Crippen LogP contribution in [0, 0.1) is 0 Å². The number of rotatable bonds is 6. The summed E-state index contributed by atoms with van der Waals surface area (Å²) in [7, 11) is 1.29. The lowest BCUT2D eigenvalue weighted by atomic mass is 9.92. The lowest BCUT2D eigenvalue weighted by Gasteiger charge is -2.14. The molecule has 0 saturated carbocycles. The smallest absolute Gasteiger partial charge is 0.407 e. The summed E-state index contributed by atoms with van der Waals surface area (Å²) in [6.45, 7) is 6.26. The van der Waals surface area contributed by atoms with Gasteiger partial charge in [-0.05, 0) is 0 Å². The average Bonchev–Trinajstić information content (AvgIpc) is 3.25. The number of amides is 1. The van der Waals surface area contributed by atoms with Crippen molar-refractivity contribution in [3.8, 4) is 11.4 Å². The lowest BCUT2D eigenvalue weighted by Crippen LogP contribution is -2.27. The van der Waals surface area contributed by atoms with Gasteiger partial charge in [0.1, 0.15) is 11.6 Å². The van der Waals surface area contributed by atoms with Crippen molar-refractivity contribution in [3.05, 3.63) is 40.5 Å². The highest BCUT2D eigenvalue weighted by Gasteiger charge is 2.25. The topological polar surface area (TPSA) is 111 Å². The van der Waals surface area contributed by atoms with Crippen molar-refractivity contribution < 1.29 is 19.1 Å². The molecule has 3 aromatic rings. The van der Waals surface area contributed by atoms with Gasteiger partial charge in [0.2, 0.25) is 0 Å². The minimum Gasteiger partial charge on any atom is -0.469 e. The predicted molar refractivity (Wildman–Crippen MR) is 111 cm³/mol. The van der Waals surface area contributed by atoms with Crippen LogP contribution in [0.15, 0.2) is 24.3 Å². The van der Waals surface area contributed by atoms with Crippen LogP contribution in [0.2, 0.25) is 5.02 Å². The maximum atomic E-state index is 11.9. The van der Waals surface area contributed by atoms with E-state index in [2.05, 4.69) is 25.2 Å². The van der Waals surface area contributed by atoms with Crippen molar-refractivity contribution >= 4 is 29.3 Å². The molecule has 0 radical (unpaired) electrons. The van der Waals surface area contributed by atoms with Crippen molar-refractivity contribution in [3.63, 3.8) is 0 Å². The van der Waals surface area contributed by atoms with Crippen LogP contribution < -0.4 is 5.32 Å². The fourth-order valence-electron chi connectivity index (χ4n) is 2.84. The first-order chi connectivity index (χ1) is 14.2. The van der Waals surface area contributed by atoms with E-state index in [4.69, 9.17) is 16.3 Å². The summed E-state index contributed by atoms with van der Waals surface area (Å²) in [5.74, 6) is 0.155. The van der Waals surface area contributed by atoms with Gasteiger partial charge in [0.15, 0.2) is 11.5 Å². The van der Waals surface area contributed by atoms with Crippen LogP contribution in [0.1, 0.15) is 38.4 Å². The second-order valence-electron chi connectivity index (χ2n) is 7.71. The van der Waals surface area contributed by atoms with E-state index in [1.54, 1.807) is 0 Å². The number of carbonyl (C=O) groups excluding carboxylic acids is 2. The zero-order chi connectivity index (χ0) is 21.9. The SMILES string of the molecule is COC(=O)CCNC(=O)OCc1ccccc1-c1nn2nc(C(C)(C)C)c(Cl)c2[nH]1. The second kappa shape index (κ2) is 8.74. The number of alkyl carbamates (subject to hydrolysis) is 1. The molecule has 0 unspecified atom stereocenters. The fraction of sp³-hybridized carbons (Fsp3) is 0.400. The zero-order valence-corrected chi connectivity index (χ0v) is 18.0. The van der Waals surface area contributed by atoms with Gasteiger partial charge in [-0.3, -0.25) is 4.79 Å². The quantitative estimate of drug-likeness (QED) is 0.576. The summed E-state index contributed by atoms with van der Waals surface area (Å²) in [6, 6.07) is 7.41. The Hall–Kier alpha value is -3.07. The number of methoxy groups -OCH3 is 1. The molecule has 0 spiro atoms. The standard InChI is InChI=1S/C20H24ClN5O4/c1-20(2,3)16-15(21)18-23-17(25-26(18)24-16)13-8-6-5-7-12(13)11-30-19(28)22-10-9-14(27)29-4/h5-8H,9-11H2,1-4H3,(H,22,28)(H,23,25). The number of hydrogen-bond donors (Lipinski definition) is 2. The van der Waals surface area contributed by atoms with Crippen LogP contribution >= 0.6 is 11.6 Å². The minimum absolute atomic E-state index is 0.0320. The number of aromatic nitrogens is 4. The number of carbonyl (C=O) groups is 2. The second-order valence-corrected chi connectivity index (χ2v) is 8.09. The summed E-state index contributed by atoms with van der Waals surface area (Å²) in [4.78, 5) is 26.2. The largest absolute Gasteiger partial charge is 0.469 e.